The number of carboxylic acids is 1. The molecule has 0 aliphatic heterocycles. The molecule has 2 N–H and O–H groups in total. The van der Waals surface area contributed by atoms with E-state index in [-0.39, 0.29) is 17.9 Å². The van der Waals surface area contributed by atoms with Gasteiger partial charge in [-0.15, -0.1) is 0 Å². The van der Waals surface area contributed by atoms with E-state index >= 15 is 0 Å². The number of alkyl carbamates (subject to hydrolysis) is 1. The average molecular weight is 353 g/mol. The third-order valence-corrected chi connectivity index (χ3v) is 3.40. The van der Waals surface area contributed by atoms with Crippen LogP contribution >= 0.6 is 0 Å². The molecule has 0 radical (unpaired) electrons. The molecular weight excluding hydrogens is 334 g/mol. The predicted molar refractivity (Wildman–Crippen MR) is 96.1 cm³/mol. The van der Waals surface area contributed by atoms with E-state index in [0.717, 1.165) is 5.56 Å². The molecule has 1 amide bonds. The van der Waals surface area contributed by atoms with Crippen molar-refractivity contribution >= 4 is 12.1 Å². The Morgan fingerprint density at radius 1 is 1.12 bits per heavy atom. The van der Waals surface area contributed by atoms with Crippen molar-refractivity contribution in [1.82, 2.24) is 5.32 Å². The number of carbonyl (C=O) groups excluding carboxylic acids is 1. The van der Waals surface area contributed by atoms with Gasteiger partial charge in [-0.1, -0.05) is 48.2 Å². The van der Waals surface area contributed by atoms with Crippen LogP contribution in [0.4, 0.5) is 4.79 Å². The third-order valence-electron chi connectivity index (χ3n) is 3.40. The van der Waals surface area contributed by atoms with E-state index in [1.165, 1.54) is 13.2 Å². The molecule has 0 atom stereocenters. The van der Waals surface area contributed by atoms with Gasteiger partial charge in [0.25, 0.3) is 0 Å². The summed E-state index contributed by atoms with van der Waals surface area (Å²) >= 11 is 0. The number of methoxy groups -OCH3 is 1. The summed E-state index contributed by atoms with van der Waals surface area (Å²) < 4.78 is 10.2. The number of nitrogens with one attached hydrogen (secondary N) is 1. The van der Waals surface area contributed by atoms with Crippen molar-refractivity contribution in [2.45, 2.75) is 13.0 Å². The number of aromatic carboxylic acids is 1. The summed E-state index contributed by atoms with van der Waals surface area (Å²) in [4.78, 5) is 22.8. The maximum atomic E-state index is 11.6. The van der Waals surface area contributed by atoms with Crippen LogP contribution in [0.5, 0.6) is 5.75 Å². The number of carbonyl (C=O) groups is 2. The van der Waals surface area contributed by atoms with Crippen LogP contribution < -0.4 is 10.1 Å². The highest BCUT2D eigenvalue weighted by Crippen LogP contribution is 2.22. The van der Waals surface area contributed by atoms with Gasteiger partial charge in [0.05, 0.1) is 12.7 Å². The number of carboxylic acid groups (broad SMARTS) is 1. The quantitative estimate of drug-likeness (QED) is 0.616. The average Bonchev–Trinajstić information content (AvgIpc) is 2.66. The molecule has 134 valence electrons. The first-order valence-corrected chi connectivity index (χ1v) is 7.95. The van der Waals surface area contributed by atoms with E-state index in [0.29, 0.717) is 18.5 Å². The summed E-state index contributed by atoms with van der Waals surface area (Å²) in [7, 11) is 1.40. The van der Waals surface area contributed by atoms with Gasteiger partial charge in [0.15, 0.2) is 0 Å². The fourth-order valence-electron chi connectivity index (χ4n) is 2.18. The van der Waals surface area contributed by atoms with Crippen molar-refractivity contribution in [2.75, 3.05) is 13.7 Å². The largest absolute Gasteiger partial charge is 0.495 e. The van der Waals surface area contributed by atoms with Crippen molar-refractivity contribution in [1.29, 1.82) is 0 Å². The fourth-order valence-corrected chi connectivity index (χ4v) is 2.18. The van der Waals surface area contributed by atoms with Crippen LogP contribution in [-0.4, -0.2) is 30.8 Å². The van der Waals surface area contributed by atoms with Crippen LogP contribution in [0.15, 0.2) is 48.5 Å². The van der Waals surface area contributed by atoms with Crippen molar-refractivity contribution in [3.8, 4) is 17.6 Å². The van der Waals surface area contributed by atoms with Gasteiger partial charge in [0, 0.05) is 13.0 Å². The van der Waals surface area contributed by atoms with E-state index in [2.05, 4.69) is 17.2 Å². The summed E-state index contributed by atoms with van der Waals surface area (Å²) in [6.45, 7) is 0.527. The normalized spacial score (nSPS) is 9.58. The second-order valence-corrected chi connectivity index (χ2v) is 5.23. The minimum atomic E-state index is -1.08. The maximum Gasteiger partial charge on any atom is 0.407 e. The minimum absolute atomic E-state index is 0.0573. The Labute approximate surface area is 151 Å². The maximum absolute atomic E-state index is 11.6. The second-order valence-electron chi connectivity index (χ2n) is 5.23. The zero-order chi connectivity index (χ0) is 18.8. The summed E-state index contributed by atoms with van der Waals surface area (Å²) in [5, 5.41) is 11.7. The number of hydrogen-bond acceptors (Lipinski definition) is 4. The molecule has 2 aromatic rings. The molecule has 2 rings (SSSR count). The number of hydrogen-bond donors (Lipinski definition) is 2. The van der Waals surface area contributed by atoms with Crippen LogP contribution in [0.3, 0.4) is 0 Å². The van der Waals surface area contributed by atoms with Crippen molar-refractivity contribution in [2.24, 2.45) is 0 Å². The highest BCUT2D eigenvalue weighted by Gasteiger charge is 2.13. The molecule has 0 saturated heterocycles. The lowest BCUT2D eigenvalue weighted by molar-refractivity contribution is 0.0693. The van der Waals surface area contributed by atoms with Gasteiger partial charge in [0.2, 0.25) is 0 Å². The predicted octanol–water partition coefficient (Wildman–Crippen LogP) is 3.06. The zero-order valence-corrected chi connectivity index (χ0v) is 14.3. The molecule has 0 spiro atoms. The van der Waals surface area contributed by atoms with Gasteiger partial charge in [-0.05, 0) is 17.7 Å². The van der Waals surface area contributed by atoms with E-state index in [4.69, 9.17) is 14.6 Å². The highest BCUT2D eigenvalue weighted by molar-refractivity contribution is 5.91. The number of ether oxygens (including phenoxy) is 2. The lowest BCUT2D eigenvalue weighted by Crippen LogP contribution is -2.24. The van der Waals surface area contributed by atoms with Crippen LogP contribution in [-0.2, 0) is 11.3 Å². The summed E-state index contributed by atoms with van der Waals surface area (Å²) in [5.74, 6) is 4.89. The lowest BCUT2D eigenvalue weighted by Gasteiger charge is -2.06. The second kappa shape index (κ2) is 9.74. The Balaban J connectivity index is 1.81. The Kier molecular flexibility index (Phi) is 7.07. The van der Waals surface area contributed by atoms with Crippen molar-refractivity contribution in [3.05, 3.63) is 65.2 Å². The molecular formula is C20H19NO5. The Morgan fingerprint density at radius 3 is 2.58 bits per heavy atom. The minimum Gasteiger partial charge on any atom is -0.495 e. The van der Waals surface area contributed by atoms with E-state index in [9.17, 15) is 9.59 Å². The standard InChI is InChI=1S/C20H19NO5/c1-25-18-16(11-7-12-17(18)19(22)23)10-5-6-13-21-20(24)26-14-15-8-3-2-4-9-15/h2-4,7-9,11-12H,6,13-14H2,1H3,(H,21,24)(H,22,23). The van der Waals surface area contributed by atoms with Crippen LogP contribution in [0.1, 0.15) is 27.9 Å². The first-order valence-electron chi connectivity index (χ1n) is 7.95. The lowest BCUT2D eigenvalue weighted by atomic mass is 10.1. The Morgan fingerprint density at radius 2 is 1.88 bits per heavy atom. The molecule has 0 saturated carbocycles. The fraction of sp³-hybridized carbons (Fsp3) is 0.200. The highest BCUT2D eigenvalue weighted by atomic mass is 16.5. The van der Waals surface area contributed by atoms with Crippen molar-refractivity contribution in [3.63, 3.8) is 0 Å². The summed E-state index contributed by atoms with van der Waals surface area (Å²) in [5.41, 5.74) is 1.45. The molecule has 0 bridgehead atoms. The molecule has 0 fully saturated rings. The molecule has 0 aliphatic rings. The molecule has 6 nitrogen and oxygen atoms in total. The molecule has 0 aliphatic carbocycles. The SMILES string of the molecule is COc1c(C#CCCNC(=O)OCc2ccccc2)cccc1C(=O)O. The van der Waals surface area contributed by atoms with E-state index in [1.54, 1.807) is 12.1 Å². The smallest absolute Gasteiger partial charge is 0.407 e. The Bertz CT molecular complexity index is 821. The van der Waals surface area contributed by atoms with E-state index in [1.807, 2.05) is 30.3 Å². The first-order chi connectivity index (χ1) is 12.6. The topological polar surface area (TPSA) is 84.9 Å². The van der Waals surface area contributed by atoms with Gasteiger partial charge in [-0.25, -0.2) is 9.59 Å². The molecule has 6 heteroatoms. The molecule has 0 unspecified atom stereocenters. The van der Waals surface area contributed by atoms with Gasteiger partial charge in [-0.2, -0.15) is 0 Å². The summed E-state index contributed by atoms with van der Waals surface area (Å²) in [6.07, 6.45) is -0.123. The zero-order valence-electron chi connectivity index (χ0n) is 14.3. The van der Waals surface area contributed by atoms with Crippen LogP contribution in [0.2, 0.25) is 0 Å². The molecule has 0 heterocycles. The van der Waals surface area contributed by atoms with Gasteiger partial charge in [-0.3, -0.25) is 0 Å². The number of rotatable bonds is 6. The number of amides is 1. The molecule has 26 heavy (non-hydrogen) atoms. The molecule has 0 aromatic heterocycles. The van der Waals surface area contributed by atoms with Gasteiger partial charge >= 0.3 is 12.1 Å². The number of para-hydroxylation sites is 1. The van der Waals surface area contributed by atoms with Gasteiger partial charge < -0.3 is 19.9 Å². The first kappa shape index (κ1) is 18.9. The monoisotopic (exact) mass is 353 g/mol. The van der Waals surface area contributed by atoms with E-state index < -0.39 is 12.1 Å². The Hall–Kier alpha value is -3.46. The summed E-state index contributed by atoms with van der Waals surface area (Å²) in [6, 6.07) is 14.1. The van der Waals surface area contributed by atoms with Crippen LogP contribution in [0, 0.1) is 11.8 Å². The number of benzene rings is 2. The van der Waals surface area contributed by atoms with Gasteiger partial charge in [0.1, 0.15) is 17.9 Å². The van der Waals surface area contributed by atoms with Crippen LogP contribution in [0.25, 0.3) is 0 Å². The third kappa shape index (κ3) is 5.56. The van der Waals surface area contributed by atoms with Crippen molar-refractivity contribution < 1.29 is 24.2 Å². The molecule has 2 aromatic carbocycles.